The van der Waals surface area contributed by atoms with Crippen LogP contribution in [0.15, 0.2) is 24.1 Å². The van der Waals surface area contributed by atoms with Crippen LogP contribution in [0.3, 0.4) is 0 Å². The van der Waals surface area contributed by atoms with E-state index in [0.29, 0.717) is 0 Å². The van der Waals surface area contributed by atoms with Gasteiger partial charge in [0.2, 0.25) is 0 Å². The monoisotopic (exact) mass is 150 g/mol. The molecule has 0 aromatic rings. The Balaban J connectivity index is 2.02. The zero-order valence-corrected chi connectivity index (χ0v) is 6.49. The summed E-state index contributed by atoms with van der Waals surface area (Å²) in [6, 6.07) is 0. The highest BCUT2D eigenvalue weighted by molar-refractivity contribution is 5.20. The lowest BCUT2D eigenvalue weighted by Gasteiger charge is -2.21. The van der Waals surface area contributed by atoms with Crippen LogP contribution in [-0.2, 0) is 4.74 Å². The molecule has 1 fully saturated rings. The maximum atomic E-state index is 5.08. The van der Waals surface area contributed by atoms with Crippen LogP contribution in [-0.4, -0.2) is 18.0 Å². The van der Waals surface area contributed by atoms with Crippen LogP contribution in [0.4, 0.5) is 0 Å². The summed E-state index contributed by atoms with van der Waals surface area (Å²) in [6.07, 6.45) is 8.35. The van der Waals surface area contributed by atoms with Gasteiger partial charge in [-0.1, -0.05) is 0 Å². The average molecular weight is 150 g/mol. The van der Waals surface area contributed by atoms with Gasteiger partial charge in [0, 0.05) is 13.1 Å². The number of hydrogen-bond acceptors (Lipinski definition) is 2. The summed E-state index contributed by atoms with van der Waals surface area (Å²) in [4.78, 5) is 2.35. The first-order chi connectivity index (χ1) is 5.47. The highest BCUT2D eigenvalue weighted by atomic mass is 16.5. The van der Waals surface area contributed by atoms with E-state index in [1.54, 1.807) is 6.26 Å². The zero-order valence-electron chi connectivity index (χ0n) is 6.49. The zero-order chi connectivity index (χ0) is 7.52. The summed E-state index contributed by atoms with van der Waals surface area (Å²) < 4.78 is 5.08. The van der Waals surface area contributed by atoms with Crippen LogP contribution in [0.2, 0.25) is 0 Å². The lowest BCUT2D eigenvalue weighted by molar-refractivity contribution is 0.298. The third-order valence-corrected chi connectivity index (χ3v) is 2.08. The lowest BCUT2D eigenvalue weighted by atomic mass is 10.3. The molecule has 2 nitrogen and oxygen atoms in total. The van der Waals surface area contributed by atoms with E-state index >= 15 is 0 Å². The van der Waals surface area contributed by atoms with E-state index < -0.39 is 0 Å². The Morgan fingerprint density at radius 3 is 2.73 bits per heavy atom. The van der Waals surface area contributed by atoms with Gasteiger partial charge in [0.15, 0.2) is 6.61 Å². The first-order valence-electron chi connectivity index (χ1n) is 4.07. The Morgan fingerprint density at radius 2 is 2.09 bits per heavy atom. The van der Waals surface area contributed by atoms with Gasteiger partial charge in [0.05, 0.1) is 12.0 Å². The van der Waals surface area contributed by atoms with Crippen LogP contribution >= 0.6 is 0 Å². The molecule has 0 amide bonds. The number of rotatable bonds is 1. The molecule has 0 spiro atoms. The number of nitrogens with zero attached hydrogens (tertiary/aromatic N) is 1. The van der Waals surface area contributed by atoms with Gasteiger partial charge in [-0.25, -0.2) is 0 Å². The summed E-state index contributed by atoms with van der Waals surface area (Å²) in [6.45, 7) is 4.17. The SMILES string of the molecule is [CH]1OC=CC=C1N1CCCC1. The lowest BCUT2D eigenvalue weighted by Crippen LogP contribution is -2.19. The summed E-state index contributed by atoms with van der Waals surface area (Å²) >= 11 is 0. The minimum Gasteiger partial charge on any atom is -0.487 e. The Morgan fingerprint density at radius 1 is 1.27 bits per heavy atom. The predicted octanol–water partition coefficient (Wildman–Crippen LogP) is 1.67. The molecule has 0 aliphatic carbocycles. The number of ether oxygens (including phenoxy) is 1. The summed E-state index contributed by atoms with van der Waals surface area (Å²) in [5.74, 6) is 0. The highest BCUT2D eigenvalue weighted by Crippen LogP contribution is 2.18. The van der Waals surface area contributed by atoms with E-state index in [9.17, 15) is 0 Å². The minimum atomic E-state index is 1.18. The van der Waals surface area contributed by atoms with E-state index in [1.165, 1.54) is 31.6 Å². The Kier molecular flexibility index (Phi) is 1.84. The quantitative estimate of drug-likeness (QED) is 0.563. The van der Waals surface area contributed by atoms with Gasteiger partial charge in [0.25, 0.3) is 0 Å². The van der Waals surface area contributed by atoms with Gasteiger partial charge in [-0.3, -0.25) is 0 Å². The van der Waals surface area contributed by atoms with E-state index in [0.717, 1.165) is 0 Å². The molecule has 2 aliphatic heterocycles. The molecule has 0 N–H and O–H groups in total. The fourth-order valence-corrected chi connectivity index (χ4v) is 1.49. The fourth-order valence-electron chi connectivity index (χ4n) is 1.49. The second-order valence-electron chi connectivity index (χ2n) is 2.87. The Labute approximate surface area is 67.1 Å². The number of hydrogen-bond donors (Lipinski definition) is 0. The number of allylic oxidation sites excluding steroid dienone is 2. The molecular formula is C9H12NO. The molecule has 2 rings (SSSR count). The first kappa shape index (κ1) is 6.77. The molecule has 0 aromatic heterocycles. The molecule has 0 unspecified atom stereocenters. The van der Waals surface area contributed by atoms with Gasteiger partial charge < -0.3 is 9.64 Å². The average Bonchev–Trinajstić information content (AvgIpc) is 2.58. The Hall–Kier alpha value is -0.920. The molecule has 0 atom stereocenters. The molecule has 0 bridgehead atoms. The molecule has 1 radical (unpaired) electrons. The van der Waals surface area contributed by atoms with E-state index in [-0.39, 0.29) is 0 Å². The molecule has 59 valence electrons. The van der Waals surface area contributed by atoms with Gasteiger partial charge in [-0.2, -0.15) is 0 Å². The van der Waals surface area contributed by atoms with Crippen LogP contribution in [0, 0.1) is 6.61 Å². The first-order valence-corrected chi connectivity index (χ1v) is 4.07. The maximum absolute atomic E-state index is 5.08. The van der Waals surface area contributed by atoms with Crippen molar-refractivity contribution in [3.8, 4) is 0 Å². The topological polar surface area (TPSA) is 12.5 Å². The molecule has 11 heavy (non-hydrogen) atoms. The van der Waals surface area contributed by atoms with Crippen LogP contribution < -0.4 is 0 Å². The maximum Gasteiger partial charge on any atom is 0.180 e. The second kappa shape index (κ2) is 2.99. The largest absolute Gasteiger partial charge is 0.487 e. The molecule has 2 aliphatic rings. The van der Waals surface area contributed by atoms with Crippen molar-refractivity contribution in [2.24, 2.45) is 0 Å². The third kappa shape index (κ3) is 1.39. The van der Waals surface area contributed by atoms with Crippen molar-refractivity contribution in [3.05, 3.63) is 30.7 Å². The van der Waals surface area contributed by atoms with E-state index in [2.05, 4.69) is 11.0 Å². The van der Waals surface area contributed by atoms with Crippen molar-refractivity contribution in [3.63, 3.8) is 0 Å². The predicted molar refractivity (Wildman–Crippen MR) is 43.4 cm³/mol. The second-order valence-corrected chi connectivity index (χ2v) is 2.87. The van der Waals surface area contributed by atoms with Gasteiger partial charge in [-0.05, 0) is 25.0 Å². The third-order valence-electron chi connectivity index (χ3n) is 2.08. The normalized spacial score (nSPS) is 23.3. The van der Waals surface area contributed by atoms with Crippen LogP contribution in [0.1, 0.15) is 12.8 Å². The van der Waals surface area contributed by atoms with Gasteiger partial charge in [0.1, 0.15) is 0 Å². The molecular weight excluding hydrogens is 138 g/mol. The standard InChI is InChI=1S/C9H12NO/c1-2-6-10(5-1)9-4-3-7-11-8-9/h3-4,7-8H,1-2,5-6H2. The molecule has 2 heterocycles. The van der Waals surface area contributed by atoms with Crippen molar-refractivity contribution in [2.45, 2.75) is 12.8 Å². The fraction of sp³-hybridized carbons (Fsp3) is 0.444. The van der Waals surface area contributed by atoms with Gasteiger partial charge >= 0.3 is 0 Å². The highest BCUT2D eigenvalue weighted by Gasteiger charge is 2.15. The van der Waals surface area contributed by atoms with Crippen LogP contribution in [0.5, 0.6) is 0 Å². The smallest absolute Gasteiger partial charge is 0.180 e. The van der Waals surface area contributed by atoms with Crippen molar-refractivity contribution in [1.29, 1.82) is 0 Å². The summed E-state index contributed by atoms with van der Waals surface area (Å²) in [7, 11) is 0. The molecule has 0 saturated carbocycles. The number of likely N-dealkylation sites (tertiary alicyclic amines) is 1. The summed E-state index contributed by atoms with van der Waals surface area (Å²) in [5, 5.41) is 0. The Bertz CT molecular complexity index is 190. The van der Waals surface area contributed by atoms with Crippen molar-refractivity contribution >= 4 is 0 Å². The van der Waals surface area contributed by atoms with Crippen molar-refractivity contribution in [2.75, 3.05) is 13.1 Å². The molecule has 2 heteroatoms. The van der Waals surface area contributed by atoms with E-state index in [4.69, 9.17) is 4.74 Å². The van der Waals surface area contributed by atoms with Crippen molar-refractivity contribution in [1.82, 2.24) is 4.90 Å². The van der Waals surface area contributed by atoms with Gasteiger partial charge in [-0.15, -0.1) is 0 Å². The van der Waals surface area contributed by atoms with E-state index in [1.807, 2.05) is 12.7 Å². The van der Waals surface area contributed by atoms with Crippen molar-refractivity contribution < 1.29 is 4.74 Å². The molecule has 0 aromatic carbocycles. The minimum absolute atomic E-state index is 1.18. The summed E-state index contributed by atoms with van der Waals surface area (Å²) in [5.41, 5.74) is 1.21. The molecule has 1 saturated heterocycles. The van der Waals surface area contributed by atoms with Crippen LogP contribution in [0.25, 0.3) is 0 Å².